The molecule has 0 unspecified atom stereocenters. The van der Waals surface area contributed by atoms with Crippen LogP contribution in [0.15, 0.2) is 29.3 Å². The maximum absolute atomic E-state index is 13.2. The first-order valence-corrected chi connectivity index (χ1v) is 9.38. The first-order chi connectivity index (χ1) is 11.6. The van der Waals surface area contributed by atoms with Crippen molar-refractivity contribution in [3.63, 3.8) is 0 Å². The van der Waals surface area contributed by atoms with Gasteiger partial charge in [0, 0.05) is 36.6 Å². The fourth-order valence-electron chi connectivity index (χ4n) is 3.02. The molecule has 2 N–H and O–H groups in total. The molecule has 1 aromatic carbocycles. The number of aromatic nitrogens is 1. The Balaban J connectivity index is 2.16. The van der Waals surface area contributed by atoms with E-state index in [-0.39, 0.29) is 0 Å². The molecule has 2 heterocycles. The van der Waals surface area contributed by atoms with Gasteiger partial charge in [-0.25, -0.2) is 18.9 Å². The van der Waals surface area contributed by atoms with Gasteiger partial charge >= 0.3 is 0 Å². The third kappa shape index (κ3) is 3.10. The van der Waals surface area contributed by atoms with E-state index in [4.69, 9.17) is 4.84 Å². The molecule has 0 saturated carbocycles. The van der Waals surface area contributed by atoms with Crippen LogP contribution in [0.1, 0.15) is 12.0 Å². The van der Waals surface area contributed by atoms with Gasteiger partial charge in [0.1, 0.15) is 0 Å². The summed E-state index contributed by atoms with van der Waals surface area (Å²) in [5.41, 5.74) is 3.53. The number of hydrogen-bond donors (Lipinski definition) is 2. The highest BCUT2D eigenvalue weighted by Gasteiger charge is 2.27. The van der Waals surface area contributed by atoms with E-state index in [9.17, 15) is 8.42 Å². The van der Waals surface area contributed by atoms with Gasteiger partial charge in [0.2, 0.25) is 10.0 Å². The second kappa shape index (κ2) is 7.02. The van der Waals surface area contributed by atoms with E-state index >= 15 is 0 Å². The maximum Gasteiger partial charge on any atom is 0.243 e. The Morgan fingerprint density at radius 3 is 2.92 bits per heavy atom. The Hall–Kier alpha value is -1.74. The summed E-state index contributed by atoms with van der Waals surface area (Å²) in [7, 11) is -2.07. The number of aryl methyl sites for hydroxylation is 1. The molecule has 1 saturated heterocycles. The Morgan fingerprint density at radius 1 is 1.29 bits per heavy atom. The van der Waals surface area contributed by atoms with Gasteiger partial charge in [-0.05, 0) is 31.5 Å². The van der Waals surface area contributed by atoms with Crippen LogP contribution in [-0.2, 0) is 14.9 Å². The third-order valence-corrected chi connectivity index (χ3v) is 6.12. The summed E-state index contributed by atoms with van der Waals surface area (Å²) in [6.07, 6.45) is 2.47. The number of sulfonamides is 1. The van der Waals surface area contributed by atoms with Gasteiger partial charge in [0.05, 0.1) is 12.0 Å². The highest BCUT2D eigenvalue weighted by Crippen LogP contribution is 2.31. The summed E-state index contributed by atoms with van der Waals surface area (Å²) in [4.78, 5) is 9.57. The molecule has 3 rings (SSSR count). The number of pyridine rings is 1. The number of fused-ring (bicyclic) bond motifs is 1. The highest BCUT2D eigenvalue weighted by molar-refractivity contribution is 7.89. The molecule has 0 bridgehead atoms. The zero-order valence-corrected chi connectivity index (χ0v) is 14.7. The maximum atomic E-state index is 13.2. The summed E-state index contributed by atoms with van der Waals surface area (Å²) in [6.45, 7) is 4.38. The van der Waals surface area contributed by atoms with E-state index in [1.54, 1.807) is 22.6 Å². The van der Waals surface area contributed by atoms with Gasteiger partial charge in [-0.15, -0.1) is 0 Å². The van der Waals surface area contributed by atoms with Crippen molar-refractivity contribution in [3.05, 3.63) is 30.0 Å². The van der Waals surface area contributed by atoms with Crippen molar-refractivity contribution in [1.29, 1.82) is 0 Å². The molecule has 24 heavy (non-hydrogen) atoms. The van der Waals surface area contributed by atoms with Crippen molar-refractivity contribution < 1.29 is 13.3 Å². The van der Waals surface area contributed by atoms with E-state index in [2.05, 4.69) is 15.8 Å². The van der Waals surface area contributed by atoms with Gasteiger partial charge < -0.3 is 5.32 Å². The van der Waals surface area contributed by atoms with Crippen LogP contribution in [0.5, 0.6) is 0 Å². The van der Waals surface area contributed by atoms with Crippen molar-refractivity contribution in [3.8, 4) is 0 Å². The van der Waals surface area contributed by atoms with Crippen molar-refractivity contribution in [2.45, 2.75) is 18.2 Å². The van der Waals surface area contributed by atoms with Crippen LogP contribution < -0.4 is 10.8 Å². The lowest BCUT2D eigenvalue weighted by atomic mass is 10.1. The van der Waals surface area contributed by atoms with Crippen molar-refractivity contribution >= 4 is 26.6 Å². The monoisotopic (exact) mass is 350 g/mol. The van der Waals surface area contributed by atoms with Crippen molar-refractivity contribution in [2.75, 3.05) is 38.8 Å². The quantitative estimate of drug-likeness (QED) is 0.813. The van der Waals surface area contributed by atoms with E-state index in [1.165, 1.54) is 7.11 Å². The Kier molecular flexibility index (Phi) is 5.00. The summed E-state index contributed by atoms with van der Waals surface area (Å²) < 4.78 is 28.0. The van der Waals surface area contributed by atoms with Gasteiger partial charge in [-0.2, -0.15) is 4.31 Å². The van der Waals surface area contributed by atoms with Crippen LogP contribution >= 0.6 is 0 Å². The molecule has 1 aromatic heterocycles. The van der Waals surface area contributed by atoms with Crippen LogP contribution in [0, 0.1) is 6.92 Å². The molecule has 7 nitrogen and oxygen atoms in total. The van der Waals surface area contributed by atoms with Gasteiger partial charge in [-0.1, -0.05) is 12.1 Å². The van der Waals surface area contributed by atoms with Gasteiger partial charge in [-0.3, -0.25) is 4.84 Å². The largest absolute Gasteiger partial charge is 0.315 e. The molecular weight excluding hydrogens is 328 g/mol. The van der Waals surface area contributed by atoms with Crippen LogP contribution in [0.4, 0.5) is 5.82 Å². The number of benzene rings is 1. The first-order valence-electron chi connectivity index (χ1n) is 7.94. The van der Waals surface area contributed by atoms with Crippen LogP contribution in [0.3, 0.4) is 0 Å². The van der Waals surface area contributed by atoms with E-state index in [0.29, 0.717) is 35.7 Å². The molecule has 1 aliphatic heterocycles. The number of nitrogens with one attached hydrogen (secondary N) is 2. The fourth-order valence-corrected chi connectivity index (χ4v) is 4.78. The van der Waals surface area contributed by atoms with E-state index in [0.717, 1.165) is 23.9 Å². The van der Waals surface area contributed by atoms with Crippen molar-refractivity contribution in [2.24, 2.45) is 0 Å². The molecule has 0 amide bonds. The molecule has 0 atom stereocenters. The summed E-state index contributed by atoms with van der Waals surface area (Å²) >= 11 is 0. The van der Waals surface area contributed by atoms with Crippen LogP contribution in [0.25, 0.3) is 10.8 Å². The highest BCUT2D eigenvalue weighted by atomic mass is 32.2. The fraction of sp³-hybridized carbons (Fsp3) is 0.438. The Labute approximate surface area is 142 Å². The van der Waals surface area contributed by atoms with Crippen LogP contribution in [-0.4, -0.2) is 51.0 Å². The minimum Gasteiger partial charge on any atom is -0.315 e. The summed E-state index contributed by atoms with van der Waals surface area (Å²) in [6, 6.07) is 5.26. The number of nitrogens with zero attached hydrogens (tertiary/aromatic N) is 2. The molecule has 1 aliphatic rings. The lowest BCUT2D eigenvalue weighted by Crippen LogP contribution is -2.34. The first kappa shape index (κ1) is 17.1. The van der Waals surface area contributed by atoms with E-state index in [1.807, 2.05) is 13.0 Å². The standard InChI is InChI=1S/C16H22N4O3S/c1-12-11-18-16(19-23-2)13-5-3-6-14(15(12)13)24(21,22)20-9-4-7-17-8-10-20/h3,5-6,11,17H,4,7-10H2,1-2H3,(H,18,19). The Morgan fingerprint density at radius 2 is 2.12 bits per heavy atom. The van der Waals surface area contributed by atoms with Gasteiger partial charge in [0.25, 0.3) is 0 Å². The molecular formula is C16H22N4O3S. The smallest absolute Gasteiger partial charge is 0.243 e. The second-order valence-corrected chi connectivity index (χ2v) is 7.69. The molecule has 1 fully saturated rings. The zero-order valence-electron chi connectivity index (χ0n) is 13.9. The Bertz CT molecular complexity index is 831. The van der Waals surface area contributed by atoms with Crippen molar-refractivity contribution in [1.82, 2.24) is 14.6 Å². The SMILES string of the molecule is CONc1ncc(C)c2c(S(=O)(=O)N3CCCNCC3)cccc12. The topological polar surface area (TPSA) is 83.6 Å². The average molecular weight is 350 g/mol. The predicted octanol–water partition coefficient (Wildman–Crippen LogP) is 1.50. The van der Waals surface area contributed by atoms with Gasteiger partial charge in [0.15, 0.2) is 5.82 Å². The molecule has 8 heteroatoms. The lowest BCUT2D eigenvalue weighted by Gasteiger charge is -2.21. The minimum absolute atomic E-state index is 0.320. The summed E-state index contributed by atoms with van der Waals surface area (Å²) in [5.74, 6) is 0.507. The third-order valence-electron chi connectivity index (χ3n) is 4.18. The lowest BCUT2D eigenvalue weighted by molar-refractivity contribution is 0.270. The average Bonchev–Trinajstić information content (AvgIpc) is 2.87. The normalized spacial score (nSPS) is 16.9. The number of rotatable bonds is 4. The molecule has 0 spiro atoms. The molecule has 0 radical (unpaired) electrons. The zero-order chi connectivity index (χ0) is 17.2. The number of anilines is 1. The number of hydrogen-bond acceptors (Lipinski definition) is 6. The molecule has 130 valence electrons. The second-order valence-electron chi connectivity index (χ2n) is 5.78. The predicted molar refractivity (Wildman–Crippen MR) is 93.4 cm³/mol. The van der Waals surface area contributed by atoms with Crippen LogP contribution in [0.2, 0.25) is 0 Å². The van der Waals surface area contributed by atoms with E-state index < -0.39 is 10.0 Å². The summed E-state index contributed by atoms with van der Waals surface area (Å²) in [5, 5.41) is 4.64. The minimum atomic E-state index is -3.57. The molecule has 2 aromatic rings. The molecule has 0 aliphatic carbocycles.